The summed E-state index contributed by atoms with van der Waals surface area (Å²) in [5.74, 6) is 0. The zero-order valence-corrected chi connectivity index (χ0v) is 11.6. The van der Waals surface area contributed by atoms with Crippen molar-refractivity contribution in [3.8, 4) is 0 Å². The van der Waals surface area contributed by atoms with Crippen LogP contribution in [-0.2, 0) is 25.3 Å². The first-order valence-electron chi connectivity index (χ1n) is 3.65. The van der Waals surface area contributed by atoms with Crippen LogP contribution in [0.3, 0.4) is 0 Å². The van der Waals surface area contributed by atoms with E-state index in [0.717, 1.165) is 0 Å². The second-order valence-corrected chi connectivity index (χ2v) is 4.27. The second-order valence-electron chi connectivity index (χ2n) is 2.75. The molecule has 1 aromatic carbocycles. The summed E-state index contributed by atoms with van der Waals surface area (Å²) in [6.45, 7) is 0. The van der Waals surface area contributed by atoms with Crippen molar-refractivity contribution in [2.75, 3.05) is 0 Å². The number of hydrogen-bond donors (Lipinski definition) is 0. The normalized spacial score (nSPS) is 9.92. The summed E-state index contributed by atoms with van der Waals surface area (Å²) in [6.07, 6.45) is 0. The average Bonchev–Trinajstić information content (AvgIpc) is 2.30. The molecule has 0 atom stereocenters. The Morgan fingerprint density at radius 3 is 2.58 bits per heavy atom. The van der Waals surface area contributed by atoms with E-state index in [2.05, 4.69) is 41.9 Å². The van der Waals surface area contributed by atoms with E-state index in [-0.39, 0.29) is 17.0 Å². The molecule has 2 aromatic rings. The number of nitrogens with zero attached hydrogens (tertiary/aromatic N) is 1. The van der Waals surface area contributed by atoms with Gasteiger partial charge >= 0.3 is 75.4 Å². The topological polar surface area (TPSA) is 4.93 Å². The summed E-state index contributed by atoms with van der Waals surface area (Å²) in [6, 6.07) is 10.8. The third kappa shape index (κ3) is 1.48. The second kappa shape index (κ2) is 3.72. The molecular formula is C9H9BrNZn. The average molecular weight is 276 g/mol. The van der Waals surface area contributed by atoms with Gasteiger partial charge in [0, 0.05) is 0 Å². The Morgan fingerprint density at radius 2 is 1.92 bits per heavy atom. The Balaban J connectivity index is 0.000000720. The Kier molecular flexibility index (Phi) is 3.08. The van der Waals surface area contributed by atoms with Crippen molar-refractivity contribution in [3.05, 3.63) is 30.3 Å². The Bertz CT molecular complexity index is 394. The summed E-state index contributed by atoms with van der Waals surface area (Å²) in [5.41, 5.74) is 1.34. The van der Waals surface area contributed by atoms with E-state index in [1.54, 1.807) is 0 Å². The van der Waals surface area contributed by atoms with Crippen LogP contribution in [0, 0.1) is 0 Å². The molecule has 0 spiro atoms. The monoisotopic (exact) mass is 274 g/mol. The Labute approximate surface area is 92.2 Å². The molecule has 0 radical (unpaired) electrons. The quantitative estimate of drug-likeness (QED) is 0.648. The van der Waals surface area contributed by atoms with Crippen LogP contribution >= 0.6 is 17.0 Å². The number of aryl methyl sites for hydroxylation is 1. The Hall–Kier alpha value is -0.137. The van der Waals surface area contributed by atoms with Crippen LogP contribution in [0.1, 0.15) is 0 Å². The SMILES string of the molecule is Br.Cn1[c]([Zn])cc2ccccc21. The fraction of sp³-hybridized carbons (Fsp3) is 0.111. The number of benzene rings is 1. The molecule has 1 aromatic heterocycles. The van der Waals surface area contributed by atoms with Gasteiger partial charge in [-0.2, -0.15) is 0 Å². The van der Waals surface area contributed by atoms with E-state index in [1.165, 1.54) is 33.5 Å². The van der Waals surface area contributed by atoms with Crippen LogP contribution in [0.2, 0.25) is 0 Å². The molecule has 0 fully saturated rings. The third-order valence-electron chi connectivity index (χ3n) is 2.05. The molecule has 0 unspecified atom stereocenters. The predicted molar refractivity (Wildman–Crippen MR) is 52.9 cm³/mol. The molecule has 0 aliphatic heterocycles. The zero-order valence-electron chi connectivity index (χ0n) is 6.95. The van der Waals surface area contributed by atoms with Crippen molar-refractivity contribution in [3.63, 3.8) is 0 Å². The minimum atomic E-state index is 0. The first kappa shape index (κ1) is 9.95. The molecule has 0 aliphatic carbocycles. The molecule has 59 valence electrons. The number of para-hydroxylation sites is 1. The molecule has 0 saturated heterocycles. The van der Waals surface area contributed by atoms with Crippen molar-refractivity contribution < 1.29 is 18.3 Å². The van der Waals surface area contributed by atoms with E-state index >= 15 is 0 Å². The van der Waals surface area contributed by atoms with Crippen molar-refractivity contribution >= 4 is 32.2 Å². The predicted octanol–water partition coefficient (Wildman–Crippen LogP) is 1.93. The number of halogens is 1. The van der Waals surface area contributed by atoms with E-state index in [1.807, 2.05) is 0 Å². The molecule has 0 amide bonds. The van der Waals surface area contributed by atoms with Crippen LogP contribution in [0.5, 0.6) is 0 Å². The summed E-state index contributed by atoms with van der Waals surface area (Å²) in [7, 11) is 2.13. The van der Waals surface area contributed by atoms with E-state index < -0.39 is 0 Å². The van der Waals surface area contributed by atoms with Gasteiger partial charge in [-0.05, 0) is 0 Å². The number of fused-ring (bicyclic) bond motifs is 1. The van der Waals surface area contributed by atoms with Crippen molar-refractivity contribution in [2.45, 2.75) is 0 Å². The first-order chi connectivity index (χ1) is 5.29. The molecule has 0 N–H and O–H groups in total. The van der Waals surface area contributed by atoms with Gasteiger partial charge in [0.15, 0.2) is 0 Å². The van der Waals surface area contributed by atoms with Crippen LogP contribution in [0.15, 0.2) is 30.3 Å². The molecular weight excluding hydrogens is 267 g/mol. The molecule has 1 nitrogen and oxygen atoms in total. The maximum atomic E-state index is 2.26. The molecule has 0 aliphatic rings. The van der Waals surface area contributed by atoms with E-state index in [4.69, 9.17) is 0 Å². The molecule has 12 heavy (non-hydrogen) atoms. The van der Waals surface area contributed by atoms with Crippen LogP contribution < -0.4 is 4.29 Å². The van der Waals surface area contributed by atoms with Gasteiger partial charge < -0.3 is 0 Å². The zero-order chi connectivity index (χ0) is 7.84. The fourth-order valence-electron chi connectivity index (χ4n) is 1.35. The summed E-state index contributed by atoms with van der Waals surface area (Å²) in [4.78, 5) is 0. The molecule has 2 rings (SSSR count). The van der Waals surface area contributed by atoms with Crippen molar-refractivity contribution in [1.29, 1.82) is 0 Å². The van der Waals surface area contributed by atoms with Gasteiger partial charge in [-0.25, -0.2) is 0 Å². The van der Waals surface area contributed by atoms with Gasteiger partial charge in [0.25, 0.3) is 0 Å². The first-order valence-corrected chi connectivity index (χ1v) is 5.14. The van der Waals surface area contributed by atoms with E-state index in [9.17, 15) is 0 Å². The summed E-state index contributed by atoms with van der Waals surface area (Å²) >= 11 is 1.23. The van der Waals surface area contributed by atoms with Gasteiger partial charge in [-0.1, -0.05) is 0 Å². The number of hydrogen-bond acceptors (Lipinski definition) is 0. The van der Waals surface area contributed by atoms with Gasteiger partial charge in [-0.3, -0.25) is 0 Å². The third-order valence-corrected chi connectivity index (χ3v) is 3.47. The molecule has 3 heteroatoms. The van der Waals surface area contributed by atoms with Gasteiger partial charge in [0.05, 0.1) is 0 Å². The van der Waals surface area contributed by atoms with Crippen molar-refractivity contribution in [2.24, 2.45) is 7.05 Å². The standard InChI is InChI=1S/C9H8N.BrH.Zn/c1-10-7-6-8-4-2-3-5-9(8)10;;/h2-6H,1H3;1H;. The van der Waals surface area contributed by atoms with Crippen LogP contribution in [0.25, 0.3) is 10.9 Å². The van der Waals surface area contributed by atoms with Crippen LogP contribution in [-0.4, -0.2) is 4.57 Å². The van der Waals surface area contributed by atoms with Gasteiger partial charge in [0.1, 0.15) is 0 Å². The number of aromatic nitrogens is 1. The molecule has 0 saturated carbocycles. The minimum absolute atomic E-state index is 0. The van der Waals surface area contributed by atoms with Gasteiger partial charge in [-0.15, -0.1) is 17.0 Å². The number of rotatable bonds is 0. The molecule has 0 bridgehead atoms. The van der Waals surface area contributed by atoms with E-state index in [0.29, 0.717) is 0 Å². The summed E-state index contributed by atoms with van der Waals surface area (Å²) < 4.78 is 3.70. The molecule has 1 heterocycles. The van der Waals surface area contributed by atoms with Crippen LogP contribution in [0.4, 0.5) is 0 Å². The fourth-order valence-corrected chi connectivity index (χ4v) is 2.16. The Morgan fingerprint density at radius 1 is 1.25 bits per heavy atom. The van der Waals surface area contributed by atoms with Crippen molar-refractivity contribution in [1.82, 2.24) is 4.57 Å². The maximum absolute atomic E-state index is 2.26. The van der Waals surface area contributed by atoms with Gasteiger partial charge in [0.2, 0.25) is 0 Å². The summed E-state index contributed by atoms with van der Waals surface area (Å²) in [5, 5.41) is 1.36.